The van der Waals surface area contributed by atoms with Crippen molar-refractivity contribution < 1.29 is 10.2 Å². The van der Waals surface area contributed by atoms with Crippen molar-refractivity contribution in [3.05, 3.63) is 71.1 Å². The number of anilines is 2. The van der Waals surface area contributed by atoms with Crippen LogP contribution in [0.2, 0.25) is 0 Å². The van der Waals surface area contributed by atoms with Crippen LogP contribution in [0.1, 0.15) is 30.0 Å². The number of nitrogens with zero attached hydrogens (tertiary/aromatic N) is 4. The van der Waals surface area contributed by atoms with Crippen LogP contribution in [0, 0.1) is 5.41 Å². The summed E-state index contributed by atoms with van der Waals surface area (Å²) in [6, 6.07) is 11.8. The number of nitrogen functional groups attached to an aromatic ring is 2. The van der Waals surface area contributed by atoms with Gasteiger partial charge in [-0.25, -0.2) is 14.5 Å². The van der Waals surface area contributed by atoms with Gasteiger partial charge in [-0.3, -0.25) is 0 Å². The first-order valence-corrected chi connectivity index (χ1v) is 11.5. The minimum absolute atomic E-state index is 0.315. The van der Waals surface area contributed by atoms with Crippen LogP contribution in [-0.2, 0) is 6.42 Å². The molecule has 8 nitrogen and oxygen atoms in total. The molecule has 0 radical (unpaired) electrons. The summed E-state index contributed by atoms with van der Waals surface area (Å²) in [7, 11) is 0. The topological polar surface area (TPSA) is 136 Å². The van der Waals surface area contributed by atoms with Crippen molar-refractivity contribution in [3.8, 4) is 0 Å². The van der Waals surface area contributed by atoms with Crippen LogP contribution in [0.3, 0.4) is 0 Å². The molecule has 4 atom stereocenters. The predicted molar refractivity (Wildman–Crippen MR) is 132 cm³/mol. The number of benzene rings is 1. The highest BCUT2D eigenvalue weighted by Gasteiger charge is 2.51. The summed E-state index contributed by atoms with van der Waals surface area (Å²) in [5.41, 5.74) is 14.6. The molecule has 5 rings (SSSR count). The van der Waals surface area contributed by atoms with Crippen LogP contribution in [0.4, 0.5) is 11.6 Å². The van der Waals surface area contributed by atoms with Gasteiger partial charge in [0.1, 0.15) is 17.7 Å². The van der Waals surface area contributed by atoms with Gasteiger partial charge < -0.3 is 21.7 Å². The molecular formula is C24H25BrN6O2. The Hall–Kier alpha value is -3.01. The Kier molecular flexibility index (Phi) is 5.35. The van der Waals surface area contributed by atoms with Crippen LogP contribution in [0.25, 0.3) is 16.4 Å². The second-order valence-electron chi connectivity index (χ2n) is 8.77. The fourth-order valence-electron chi connectivity index (χ4n) is 5.03. The number of nitrogens with two attached hydrogens (primary N) is 2. The molecule has 1 saturated carbocycles. The van der Waals surface area contributed by atoms with Crippen LogP contribution >= 0.6 is 15.9 Å². The molecule has 3 aromatic heterocycles. The smallest absolute Gasteiger partial charge is 0.151 e. The lowest BCUT2D eigenvalue weighted by Gasteiger charge is -2.30. The van der Waals surface area contributed by atoms with Crippen LogP contribution in [0.15, 0.2) is 59.9 Å². The van der Waals surface area contributed by atoms with E-state index in [0.717, 1.165) is 26.6 Å². The molecule has 1 fully saturated rings. The SMILES string of the molecule is C=C[C@]1(CCc2ccc3cc(Br)c(N)nc3c2)C[C@@H](c2ccc3c(N)ncnn23)[C@H](O)[C@@H]1O. The molecule has 0 amide bonds. The molecule has 0 bridgehead atoms. The zero-order valence-electron chi connectivity index (χ0n) is 17.9. The summed E-state index contributed by atoms with van der Waals surface area (Å²) in [4.78, 5) is 8.48. The molecule has 0 saturated heterocycles. The van der Waals surface area contributed by atoms with Crippen molar-refractivity contribution in [1.29, 1.82) is 0 Å². The van der Waals surface area contributed by atoms with E-state index in [4.69, 9.17) is 11.5 Å². The average molecular weight is 509 g/mol. The van der Waals surface area contributed by atoms with Gasteiger partial charge in [0.15, 0.2) is 5.82 Å². The number of halogens is 1. The highest BCUT2D eigenvalue weighted by atomic mass is 79.9. The van der Waals surface area contributed by atoms with E-state index in [1.54, 1.807) is 10.6 Å². The molecular weight excluding hydrogens is 484 g/mol. The highest BCUT2D eigenvalue weighted by Crippen LogP contribution is 2.50. The monoisotopic (exact) mass is 508 g/mol. The van der Waals surface area contributed by atoms with E-state index in [9.17, 15) is 10.2 Å². The number of aromatic nitrogens is 4. The number of aliphatic hydroxyl groups is 2. The number of aryl methyl sites for hydroxylation is 1. The van der Waals surface area contributed by atoms with E-state index in [2.05, 4.69) is 43.6 Å². The normalized spacial score (nSPS) is 25.1. The fraction of sp³-hybridized carbons (Fsp3) is 0.292. The quantitative estimate of drug-likeness (QED) is 0.304. The molecule has 3 heterocycles. The van der Waals surface area contributed by atoms with E-state index >= 15 is 0 Å². The van der Waals surface area contributed by atoms with Crippen molar-refractivity contribution in [2.45, 2.75) is 37.4 Å². The Morgan fingerprint density at radius 1 is 1.18 bits per heavy atom. The summed E-state index contributed by atoms with van der Waals surface area (Å²) >= 11 is 3.41. The van der Waals surface area contributed by atoms with Gasteiger partial charge in [0.2, 0.25) is 0 Å². The molecule has 4 aromatic rings. The van der Waals surface area contributed by atoms with Gasteiger partial charge in [-0.1, -0.05) is 18.2 Å². The third-order valence-electron chi connectivity index (χ3n) is 6.96. The number of pyridine rings is 1. The van der Waals surface area contributed by atoms with Crippen LogP contribution < -0.4 is 11.5 Å². The maximum atomic E-state index is 11.1. The number of hydrogen-bond donors (Lipinski definition) is 4. The number of fused-ring (bicyclic) bond motifs is 2. The summed E-state index contributed by atoms with van der Waals surface area (Å²) in [5.74, 6) is 0.505. The molecule has 1 aliphatic carbocycles. The van der Waals surface area contributed by atoms with Gasteiger partial charge in [-0.05, 0) is 65.0 Å². The molecule has 33 heavy (non-hydrogen) atoms. The van der Waals surface area contributed by atoms with Crippen molar-refractivity contribution >= 4 is 44.0 Å². The zero-order valence-corrected chi connectivity index (χ0v) is 19.5. The molecule has 9 heteroatoms. The maximum Gasteiger partial charge on any atom is 0.151 e. The Morgan fingerprint density at radius 2 is 2.00 bits per heavy atom. The van der Waals surface area contributed by atoms with Gasteiger partial charge in [0.25, 0.3) is 0 Å². The largest absolute Gasteiger partial charge is 0.390 e. The Morgan fingerprint density at radius 3 is 2.79 bits per heavy atom. The number of aliphatic hydroxyl groups excluding tert-OH is 2. The fourth-order valence-corrected chi connectivity index (χ4v) is 5.37. The van der Waals surface area contributed by atoms with Crippen molar-refractivity contribution in [3.63, 3.8) is 0 Å². The van der Waals surface area contributed by atoms with Gasteiger partial charge in [0, 0.05) is 22.4 Å². The Bertz CT molecular complexity index is 1370. The highest BCUT2D eigenvalue weighted by molar-refractivity contribution is 9.10. The molecule has 0 unspecified atom stereocenters. The van der Waals surface area contributed by atoms with E-state index < -0.39 is 17.6 Å². The second kappa shape index (κ2) is 8.09. The predicted octanol–water partition coefficient (Wildman–Crippen LogP) is 3.22. The summed E-state index contributed by atoms with van der Waals surface area (Å²) in [6.45, 7) is 4.02. The lowest BCUT2D eigenvalue weighted by Crippen LogP contribution is -2.35. The third kappa shape index (κ3) is 3.56. The van der Waals surface area contributed by atoms with E-state index in [-0.39, 0.29) is 5.92 Å². The van der Waals surface area contributed by atoms with Gasteiger partial charge in [-0.15, -0.1) is 6.58 Å². The number of rotatable bonds is 5. The lowest BCUT2D eigenvalue weighted by atomic mass is 9.78. The van der Waals surface area contributed by atoms with Crippen molar-refractivity contribution in [2.24, 2.45) is 5.41 Å². The van der Waals surface area contributed by atoms with Crippen molar-refractivity contribution in [1.82, 2.24) is 19.6 Å². The molecule has 1 aromatic carbocycles. The summed E-state index contributed by atoms with van der Waals surface area (Å²) in [5, 5.41) is 27.4. The first-order chi connectivity index (χ1) is 15.8. The molecule has 1 aliphatic rings. The molecule has 0 spiro atoms. The molecule has 170 valence electrons. The number of hydrogen-bond acceptors (Lipinski definition) is 7. The van der Waals surface area contributed by atoms with Crippen LogP contribution in [-0.4, -0.2) is 42.0 Å². The Balaban J connectivity index is 1.42. The molecule has 0 aliphatic heterocycles. The third-order valence-corrected chi connectivity index (χ3v) is 7.60. The Labute approximate surface area is 199 Å². The second-order valence-corrected chi connectivity index (χ2v) is 9.62. The minimum atomic E-state index is -0.951. The minimum Gasteiger partial charge on any atom is -0.390 e. The van der Waals surface area contributed by atoms with E-state index in [0.29, 0.717) is 36.4 Å². The van der Waals surface area contributed by atoms with E-state index in [1.165, 1.54) is 6.33 Å². The van der Waals surface area contributed by atoms with Crippen molar-refractivity contribution in [2.75, 3.05) is 11.5 Å². The van der Waals surface area contributed by atoms with Gasteiger partial charge >= 0.3 is 0 Å². The van der Waals surface area contributed by atoms with Gasteiger partial charge in [0.05, 0.1) is 22.2 Å². The molecule has 6 N–H and O–H groups in total. The average Bonchev–Trinajstić information content (AvgIpc) is 3.34. The summed E-state index contributed by atoms with van der Waals surface area (Å²) < 4.78 is 2.46. The first-order valence-electron chi connectivity index (χ1n) is 10.8. The maximum absolute atomic E-state index is 11.1. The zero-order chi connectivity index (χ0) is 23.3. The lowest BCUT2D eigenvalue weighted by molar-refractivity contribution is -0.00969. The van der Waals surface area contributed by atoms with Crippen LogP contribution in [0.5, 0.6) is 0 Å². The summed E-state index contributed by atoms with van der Waals surface area (Å²) in [6.07, 6.45) is 3.14. The first kappa shape index (κ1) is 21.8. The van der Waals surface area contributed by atoms with E-state index in [1.807, 2.05) is 30.3 Å². The van der Waals surface area contributed by atoms with Gasteiger partial charge in [-0.2, -0.15) is 5.10 Å². The standard InChI is InChI=1S/C24H25BrN6O2/c1-2-24(8-7-13-3-4-14-10-16(25)22(26)30-17(14)9-13)11-15(20(32)21(24)33)18-5-6-19-23(27)28-12-29-31(18)19/h2-6,9-10,12,15,20-21,32-33H,1,7-8,11H2,(H2,26,30)(H2,27,28,29)/t15-,20-,21-,24-/m0/s1.